The summed E-state index contributed by atoms with van der Waals surface area (Å²) in [5.41, 5.74) is 0.181. The van der Waals surface area contributed by atoms with Crippen LogP contribution in [0, 0.1) is 13.8 Å². The second-order valence-corrected chi connectivity index (χ2v) is 15.0. The molecule has 0 unspecified atom stereocenters. The molecule has 6 rings (SSSR count). The number of phenolic OH excluding ortho intramolecular Hbond substituents is 1. The van der Waals surface area contributed by atoms with Crippen LogP contribution < -0.4 is 38.6 Å². The van der Waals surface area contributed by atoms with Crippen LogP contribution in [0.4, 0.5) is 5.69 Å². The summed E-state index contributed by atoms with van der Waals surface area (Å²) in [6.45, 7) is 3.89. The van der Waals surface area contributed by atoms with Crippen LogP contribution in [0.15, 0.2) is 95.4 Å². The molecule has 0 spiro atoms. The predicted octanol–water partition coefficient (Wildman–Crippen LogP) is 2.53. The zero-order valence-electron chi connectivity index (χ0n) is 34.3. The van der Waals surface area contributed by atoms with Crippen LogP contribution in [0.5, 0.6) is 5.75 Å². The van der Waals surface area contributed by atoms with E-state index in [0.29, 0.717) is 51.7 Å². The lowest BCUT2D eigenvalue weighted by molar-refractivity contribution is -0.0523. The Morgan fingerprint density at radius 2 is 1.48 bits per heavy atom. The first-order valence-electron chi connectivity index (χ1n) is 19.9. The van der Waals surface area contributed by atoms with Gasteiger partial charge >= 0.3 is 17.3 Å². The second kappa shape index (κ2) is 20.9. The smallest absolute Gasteiger partial charge is 0.336 e. The van der Waals surface area contributed by atoms with Crippen LogP contribution in [0.3, 0.4) is 0 Å². The molecule has 0 fully saturated rings. The Labute approximate surface area is 362 Å². The molecule has 63 heavy (non-hydrogen) atoms. The van der Waals surface area contributed by atoms with Crippen molar-refractivity contribution in [2.75, 3.05) is 44.9 Å². The van der Waals surface area contributed by atoms with Crippen molar-refractivity contribution >= 4 is 40.0 Å². The Balaban J connectivity index is 1.12. The normalized spacial score (nSPS) is 12.4. The van der Waals surface area contributed by atoms with E-state index in [1.807, 2.05) is 0 Å². The van der Waals surface area contributed by atoms with Gasteiger partial charge in [-0.25, -0.2) is 14.4 Å². The molecular weight excluding hydrogens is 841 g/mol. The average Bonchev–Trinajstić information content (AvgIpc) is 3.24. The summed E-state index contributed by atoms with van der Waals surface area (Å²) in [6.07, 6.45) is 2.52. The number of aliphatic hydroxyl groups excluding tert-OH is 1. The quantitative estimate of drug-likeness (QED) is 0.0330. The van der Waals surface area contributed by atoms with E-state index in [1.54, 1.807) is 38.1 Å². The fraction of sp³-hybridized carbons (Fsp3) is 0.326. The van der Waals surface area contributed by atoms with Crippen molar-refractivity contribution in [1.29, 1.82) is 0 Å². The molecule has 2 aromatic heterocycles. The van der Waals surface area contributed by atoms with Crippen molar-refractivity contribution in [3.63, 3.8) is 0 Å². The first kappa shape index (κ1) is 45.8. The Bertz CT molecular complexity index is 2880. The fourth-order valence-electron chi connectivity index (χ4n) is 6.85. The Kier molecular flexibility index (Phi) is 15.2. The van der Waals surface area contributed by atoms with Gasteiger partial charge in [0.05, 0.1) is 50.8 Å². The van der Waals surface area contributed by atoms with E-state index < -0.39 is 40.7 Å². The van der Waals surface area contributed by atoms with Crippen LogP contribution in [0.1, 0.15) is 34.3 Å². The third kappa shape index (κ3) is 11.8. The zero-order chi connectivity index (χ0) is 45.2. The summed E-state index contributed by atoms with van der Waals surface area (Å²) in [4.78, 5) is 78.0. The minimum absolute atomic E-state index is 0.0470. The number of rotatable bonds is 20. The Morgan fingerprint density at radius 1 is 0.825 bits per heavy atom. The Morgan fingerprint density at radius 3 is 2.14 bits per heavy atom. The minimum Gasteiger partial charge on any atom is -0.508 e. The van der Waals surface area contributed by atoms with Gasteiger partial charge in [0.2, 0.25) is 0 Å². The highest BCUT2D eigenvalue weighted by atomic mass is 32.1. The monoisotopic (exact) mass is 886 g/mol. The van der Waals surface area contributed by atoms with E-state index in [0.717, 1.165) is 0 Å². The van der Waals surface area contributed by atoms with Crippen LogP contribution in [-0.2, 0) is 27.3 Å². The number of carboxylic acid groups (broad SMARTS) is 1. The van der Waals surface area contributed by atoms with E-state index in [1.165, 1.54) is 51.9 Å². The van der Waals surface area contributed by atoms with E-state index in [2.05, 4.69) is 20.6 Å². The topological polar surface area (TPSA) is 269 Å². The maximum atomic E-state index is 12.7. The van der Waals surface area contributed by atoms with Crippen LogP contribution in [0.25, 0.3) is 33.4 Å². The number of phenols is 1. The molecule has 0 radical (unpaired) electrons. The highest BCUT2D eigenvalue weighted by Crippen LogP contribution is 2.42. The second-order valence-electron chi connectivity index (χ2n) is 14.6. The van der Waals surface area contributed by atoms with Gasteiger partial charge in [-0.3, -0.25) is 24.4 Å². The number of fused-ring (bicyclic) bond motifs is 2. The number of carboxylic acids is 1. The average molecular weight is 887 g/mol. The van der Waals surface area contributed by atoms with Crippen molar-refractivity contribution in [2.24, 2.45) is 0 Å². The number of aliphatic hydroxyl groups is 1. The van der Waals surface area contributed by atoms with E-state index in [4.69, 9.17) is 30.8 Å². The van der Waals surface area contributed by atoms with E-state index >= 15 is 0 Å². The fourth-order valence-corrected chi connectivity index (χ4v) is 7.05. The number of ether oxygens (including phenoxy) is 3. The maximum absolute atomic E-state index is 12.7. The molecule has 0 saturated heterocycles. The number of thiocarbonyl (C=S) groups is 1. The van der Waals surface area contributed by atoms with Gasteiger partial charge in [0, 0.05) is 77.5 Å². The van der Waals surface area contributed by atoms with E-state index in [9.17, 15) is 44.1 Å². The van der Waals surface area contributed by atoms with Crippen LogP contribution in [0.2, 0.25) is 0 Å². The molecule has 2 aromatic carbocycles. The van der Waals surface area contributed by atoms with Gasteiger partial charge in [-0.05, 0) is 80.9 Å². The number of nitrogens with zero attached hydrogens (tertiary/aromatic N) is 2. The molecule has 0 bridgehead atoms. The summed E-state index contributed by atoms with van der Waals surface area (Å²) in [5.74, 6) is -1.09. The van der Waals surface area contributed by atoms with Crippen molar-refractivity contribution in [1.82, 2.24) is 24.4 Å². The lowest BCUT2D eigenvalue weighted by atomic mass is 9.90. The van der Waals surface area contributed by atoms with Gasteiger partial charge in [-0.2, -0.15) is 0 Å². The lowest BCUT2D eigenvalue weighted by Gasteiger charge is -2.22. The third-order valence-electron chi connectivity index (χ3n) is 10.0. The number of hydrogen-bond donors (Lipinski definition) is 7. The van der Waals surface area contributed by atoms with Crippen molar-refractivity contribution < 1.29 is 38.7 Å². The first-order valence-corrected chi connectivity index (χ1v) is 20.3. The third-order valence-corrected chi connectivity index (χ3v) is 10.3. The lowest BCUT2D eigenvalue weighted by Crippen LogP contribution is -2.38. The van der Waals surface area contributed by atoms with E-state index in [-0.39, 0.29) is 85.9 Å². The molecule has 0 saturated carbocycles. The van der Waals surface area contributed by atoms with Crippen molar-refractivity contribution in [2.45, 2.75) is 52.0 Å². The number of aryl methyl sites for hydroxylation is 4. The van der Waals surface area contributed by atoms with Crippen LogP contribution in [-0.4, -0.2) is 97.3 Å². The standard InChI is InChI=1S/C43H46N6O13S/c1-24-21-48(42(57)46-38(24)53)11-9-29(61-16-15-59-23-30(60-14-13-50)10-12-49-22-25(2)39(54)47-43(49)58)20-44-41(63)45-26-3-6-31(34(17-26)40(55)56)37-32-7-4-27(51)18-35(32)62-36-19-28(52)5-8-33(36)37/h3-8,17-19,21-22,29-30,50-51H,9-16,20,23H2,1-2H3,(H,55,56)(H2,44,45,63)(H,46,53,57)(H,47,54,58)/t29-,30-/m0/s1. The molecule has 4 aromatic rings. The highest BCUT2D eigenvalue weighted by Gasteiger charge is 2.23. The number of anilines is 1. The van der Waals surface area contributed by atoms with Gasteiger partial charge < -0.3 is 53.7 Å². The number of carbonyl (C=O) groups is 1. The number of aromatic carboxylic acids is 1. The number of hydrogen-bond acceptors (Lipinski definition) is 13. The molecule has 7 N–H and O–H groups in total. The van der Waals surface area contributed by atoms with Crippen LogP contribution >= 0.6 is 12.2 Å². The number of benzene rings is 3. The number of aromatic amines is 2. The highest BCUT2D eigenvalue weighted by molar-refractivity contribution is 7.80. The van der Waals surface area contributed by atoms with Gasteiger partial charge in [0.1, 0.15) is 17.1 Å². The molecule has 2 aliphatic rings. The van der Waals surface area contributed by atoms with Gasteiger partial charge in [-0.15, -0.1) is 0 Å². The summed E-state index contributed by atoms with van der Waals surface area (Å²) >= 11 is 5.59. The summed E-state index contributed by atoms with van der Waals surface area (Å²) < 4.78 is 26.3. The SMILES string of the molecule is Cc1cn(CC[C@@H](CNC(=S)Nc2ccc(-c3c4ccc(=O)cc-4oc4cc(O)ccc34)c(C(=O)O)c2)OCCOC[C@H](CCn2cc(C)c(=O)[nH]c2=O)OCCO)c(=O)[nH]c1=O. The molecular formula is C43H46N6O13S. The maximum Gasteiger partial charge on any atom is 0.336 e. The molecule has 0 amide bonds. The van der Waals surface area contributed by atoms with Gasteiger partial charge in [-0.1, -0.05) is 6.07 Å². The summed E-state index contributed by atoms with van der Waals surface area (Å²) in [5, 5.41) is 36.6. The van der Waals surface area contributed by atoms with Crippen molar-refractivity contribution in [3.8, 4) is 28.2 Å². The molecule has 19 nitrogen and oxygen atoms in total. The molecule has 3 heterocycles. The van der Waals surface area contributed by atoms with Gasteiger partial charge in [0.15, 0.2) is 10.5 Å². The first-order chi connectivity index (χ1) is 30.2. The zero-order valence-corrected chi connectivity index (χ0v) is 35.1. The number of aromatic hydroxyl groups is 1. The number of nitrogens with one attached hydrogen (secondary N) is 4. The van der Waals surface area contributed by atoms with Crippen molar-refractivity contribution in [3.05, 3.63) is 136 Å². The molecule has 1 aliphatic heterocycles. The summed E-state index contributed by atoms with van der Waals surface area (Å²) in [7, 11) is 0. The summed E-state index contributed by atoms with van der Waals surface area (Å²) in [6, 6.07) is 13.3. The molecule has 1 aliphatic carbocycles. The molecule has 20 heteroatoms. The largest absolute Gasteiger partial charge is 0.508 e. The number of aromatic nitrogens is 4. The minimum atomic E-state index is -1.23. The van der Waals surface area contributed by atoms with Gasteiger partial charge in [0.25, 0.3) is 11.1 Å². The molecule has 332 valence electrons. The predicted molar refractivity (Wildman–Crippen MR) is 236 cm³/mol. The molecule has 2 atom stereocenters. The Hall–Kier alpha value is -6.71. The number of H-pyrrole nitrogens is 2.